The van der Waals surface area contributed by atoms with E-state index in [2.05, 4.69) is 0 Å². The summed E-state index contributed by atoms with van der Waals surface area (Å²) >= 11 is 0. The summed E-state index contributed by atoms with van der Waals surface area (Å²) in [5, 5.41) is 15.2. The quantitative estimate of drug-likeness (QED) is 0.263. The van der Waals surface area contributed by atoms with E-state index >= 15 is 0 Å². The number of nitriles is 1. The number of allylic oxidation sites excluding steroid dienone is 1. The number of rotatable bonds is 0. The first kappa shape index (κ1) is 9.39. The first-order chi connectivity index (χ1) is 2.41. The Labute approximate surface area is 58.4 Å². The zero-order valence-corrected chi connectivity index (χ0v) is 5.55. The third-order valence-electron chi connectivity index (χ3n) is 0.149. The molecule has 0 aromatic rings. The van der Waals surface area contributed by atoms with E-state index in [1.165, 1.54) is 0 Å². The van der Waals surface area contributed by atoms with Crippen molar-refractivity contribution in [1.82, 2.24) is 0 Å². The van der Waals surface area contributed by atoms with Gasteiger partial charge in [-0.05, 0) is 0 Å². The summed E-state index contributed by atoms with van der Waals surface area (Å²) in [6.07, 6.45) is 1.68. The van der Waals surface area contributed by atoms with Crippen molar-refractivity contribution in [2.45, 2.75) is 0 Å². The van der Waals surface area contributed by atoms with Crippen LogP contribution in [0.15, 0.2) is 12.3 Å². The molecule has 1 N–H and O–H groups in total. The van der Waals surface area contributed by atoms with Gasteiger partial charge in [-0.25, -0.2) is 0 Å². The van der Waals surface area contributed by atoms with Crippen LogP contribution in [0, 0.1) is 11.3 Å². The van der Waals surface area contributed by atoms with Crippen molar-refractivity contribution in [3.63, 3.8) is 0 Å². The number of aliphatic hydroxyl groups excluding tert-OH is 1. The second-order valence-electron chi connectivity index (χ2n) is 0.445. The Balaban J connectivity index is 0. The molecule has 0 atom stereocenters. The average Bonchev–Trinajstić information content (AvgIpc) is 1.41. The molecule has 0 heterocycles. The van der Waals surface area contributed by atoms with Crippen LogP contribution < -0.4 is 0 Å². The third-order valence-corrected chi connectivity index (χ3v) is 0.149. The standard InChI is InChI=1S/C3H3NO.Na/c4-2-1-3-5;/h1,3,5H;. The van der Waals surface area contributed by atoms with E-state index in [9.17, 15) is 0 Å². The summed E-state index contributed by atoms with van der Waals surface area (Å²) in [6.45, 7) is 0. The molecular formula is C3H3NNaO. The van der Waals surface area contributed by atoms with E-state index in [0.29, 0.717) is 6.26 Å². The minimum Gasteiger partial charge on any atom is -0.515 e. The zero-order valence-electron chi connectivity index (χ0n) is 3.55. The summed E-state index contributed by atoms with van der Waals surface area (Å²) in [7, 11) is 0. The maximum absolute atomic E-state index is 7.66. The molecule has 0 saturated heterocycles. The SMILES string of the molecule is N#CC=CO.[Na]. The van der Waals surface area contributed by atoms with E-state index in [0.717, 1.165) is 6.08 Å². The molecule has 0 saturated carbocycles. The minimum atomic E-state index is 0. The molecule has 0 aromatic carbocycles. The number of hydrogen-bond donors (Lipinski definition) is 1. The Hall–Kier alpha value is 0.0300. The molecule has 0 aromatic heterocycles. The molecule has 27 valence electrons. The molecule has 0 rings (SSSR count). The molecule has 6 heavy (non-hydrogen) atoms. The summed E-state index contributed by atoms with van der Waals surface area (Å²) in [5.41, 5.74) is 0. The van der Waals surface area contributed by atoms with Crippen LogP contribution in [0.25, 0.3) is 0 Å². The van der Waals surface area contributed by atoms with Gasteiger partial charge in [-0.1, -0.05) is 0 Å². The van der Waals surface area contributed by atoms with Gasteiger partial charge in [0.25, 0.3) is 0 Å². The van der Waals surface area contributed by atoms with E-state index in [1.807, 2.05) is 0 Å². The van der Waals surface area contributed by atoms with Crippen LogP contribution in [0.2, 0.25) is 0 Å². The predicted octanol–water partition coefficient (Wildman–Crippen LogP) is 0.201. The average molecular weight is 92.1 g/mol. The Bertz CT molecular complexity index is 73.4. The maximum Gasteiger partial charge on any atom is 0.0944 e. The molecule has 0 fully saturated rings. The molecule has 3 heteroatoms. The van der Waals surface area contributed by atoms with Gasteiger partial charge in [0.2, 0.25) is 0 Å². The normalized spacial score (nSPS) is 6.50. The van der Waals surface area contributed by atoms with Crippen molar-refractivity contribution in [3.05, 3.63) is 12.3 Å². The van der Waals surface area contributed by atoms with Gasteiger partial charge in [-0.2, -0.15) is 5.26 Å². The smallest absolute Gasteiger partial charge is 0.0944 e. The van der Waals surface area contributed by atoms with Crippen molar-refractivity contribution in [2.75, 3.05) is 0 Å². The van der Waals surface area contributed by atoms with Crippen LogP contribution in [0.1, 0.15) is 0 Å². The first-order valence-corrected chi connectivity index (χ1v) is 1.10. The Kier molecular flexibility index (Phi) is 13.9. The van der Waals surface area contributed by atoms with Crippen LogP contribution in [-0.4, -0.2) is 34.7 Å². The van der Waals surface area contributed by atoms with E-state index in [1.54, 1.807) is 6.07 Å². The van der Waals surface area contributed by atoms with Gasteiger partial charge in [0, 0.05) is 29.6 Å². The molecule has 0 aliphatic rings. The molecule has 0 aliphatic heterocycles. The zero-order chi connectivity index (χ0) is 4.12. The topological polar surface area (TPSA) is 44.0 Å². The van der Waals surface area contributed by atoms with Gasteiger partial charge in [0.05, 0.1) is 18.4 Å². The van der Waals surface area contributed by atoms with Gasteiger partial charge in [-0.15, -0.1) is 0 Å². The number of aliphatic hydroxyl groups is 1. The molecule has 0 aliphatic carbocycles. The number of nitrogens with zero attached hydrogens (tertiary/aromatic N) is 1. The molecule has 0 bridgehead atoms. The third kappa shape index (κ3) is 8.98. The summed E-state index contributed by atoms with van der Waals surface area (Å²) in [5.74, 6) is 0. The van der Waals surface area contributed by atoms with Crippen molar-refractivity contribution in [1.29, 1.82) is 5.26 Å². The Morgan fingerprint density at radius 3 is 2.17 bits per heavy atom. The molecule has 1 radical (unpaired) electrons. The van der Waals surface area contributed by atoms with E-state index in [4.69, 9.17) is 10.4 Å². The Morgan fingerprint density at radius 2 is 2.17 bits per heavy atom. The van der Waals surface area contributed by atoms with Gasteiger partial charge < -0.3 is 5.11 Å². The summed E-state index contributed by atoms with van der Waals surface area (Å²) in [6, 6.07) is 1.59. The molecule has 0 unspecified atom stereocenters. The van der Waals surface area contributed by atoms with Gasteiger partial charge in [0.15, 0.2) is 0 Å². The summed E-state index contributed by atoms with van der Waals surface area (Å²) in [4.78, 5) is 0. The molecule has 0 spiro atoms. The molecular weight excluding hydrogens is 89.0 g/mol. The van der Waals surface area contributed by atoms with Crippen LogP contribution in [-0.2, 0) is 0 Å². The number of hydrogen-bond acceptors (Lipinski definition) is 2. The van der Waals surface area contributed by atoms with Crippen molar-refractivity contribution >= 4 is 29.6 Å². The van der Waals surface area contributed by atoms with Crippen LogP contribution >= 0.6 is 0 Å². The van der Waals surface area contributed by atoms with E-state index < -0.39 is 0 Å². The minimum absolute atomic E-state index is 0. The predicted molar refractivity (Wildman–Crippen MR) is 23.1 cm³/mol. The first-order valence-electron chi connectivity index (χ1n) is 1.10. The second-order valence-corrected chi connectivity index (χ2v) is 0.445. The van der Waals surface area contributed by atoms with Crippen LogP contribution in [0.5, 0.6) is 0 Å². The van der Waals surface area contributed by atoms with Gasteiger partial charge >= 0.3 is 0 Å². The van der Waals surface area contributed by atoms with Crippen LogP contribution in [0.3, 0.4) is 0 Å². The monoisotopic (exact) mass is 92.0 g/mol. The van der Waals surface area contributed by atoms with Crippen LogP contribution in [0.4, 0.5) is 0 Å². The Morgan fingerprint density at radius 1 is 1.67 bits per heavy atom. The fraction of sp³-hybridized carbons (Fsp3) is 0. The second kappa shape index (κ2) is 8.90. The molecule has 2 nitrogen and oxygen atoms in total. The molecule has 0 amide bonds. The fourth-order valence-electron chi connectivity index (χ4n) is 0.0333. The fourth-order valence-corrected chi connectivity index (χ4v) is 0.0333. The largest absolute Gasteiger partial charge is 0.515 e. The van der Waals surface area contributed by atoms with Gasteiger partial charge in [0.1, 0.15) is 0 Å². The van der Waals surface area contributed by atoms with Crippen molar-refractivity contribution < 1.29 is 5.11 Å². The van der Waals surface area contributed by atoms with Crippen molar-refractivity contribution in [2.24, 2.45) is 0 Å². The van der Waals surface area contributed by atoms with E-state index in [-0.39, 0.29) is 29.6 Å². The van der Waals surface area contributed by atoms with Crippen molar-refractivity contribution in [3.8, 4) is 6.07 Å². The van der Waals surface area contributed by atoms with Gasteiger partial charge in [-0.3, -0.25) is 0 Å². The maximum atomic E-state index is 7.66. The summed E-state index contributed by atoms with van der Waals surface area (Å²) < 4.78 is 0.